The van der Waals surface area contributed by atoms with Crippen molar-refractivity contribution in [3.05, 3.63) is 42.5 Å². The summed E-state index contributed by atoms with van der Waals surface area (Å²) >= 11 is 0. The van der Waals surface area contributed by atoms with E-state index in [2.05, 4.69) is 5.32 Å². The number of nitrogens with one attached hydrogen (secondary N) is 1. The van der Waals surface area contributed by atoms with Crippen molar-refractivity contribution in [1.29, 1.82) is 0 Å². The summed E-state index contributed by atoms with van der Waals surface area (Å²) in [6.07, 6.45) is -0.364. The van der Waals surface area contributed by atoms with Crippen LogP contribution in [0.5, 0.6) is 0 Å². The van der Waals surface area contributed by atoms with Crippen LogP contribution in [0.3, 0.4) is 0 Å². The molecule has 0 saturated heterocycles. The van der Waals surface area contributed by atoms with E-state index in [4.69, 9.17) is 10.5 Å². The van der Waals surface area contributed by atoms with Crippen molar-refractivity contribution in [2.45, 2.75) is 58.7 Å². The Morgan fingerprint density at radius 3 is 2.28 bits per heavy atom. The molecule has 7 heteroatoms. The van der Waals surface area contributed by atoms with E-state index in [-0.39, 0.29) is 0 Å². The highest BCUT2D eigenvalue weighted by atomic mass is 16.6. The van der Waals surface area contributed by atoms with E-state index < -0.39 is 35.6 Å². The van der Waals surface area contributed by atoms with E-state index in [9.17, 15) is 14.4 Å². The standard InChI is InChI=1S/C22H29N3O4/c1-6-18(19(23)26)25(17-12-11-15-9-7-8-10-16(15)13-17)20(27)14(2)24-21(28)29-22(3,4)5/h7-14,18H,6H2,1-5H3,(H2,23,26)(H,24,28)/t14-,18-/m0/s1. The minimum absolute atomic E-state index is 0.340. The summed E-state index contributed by atoms with van der Waals surface area (Å²) in [4.78, 5) is 38.7. The van der Waals surface area contributed by atoms with Crippen molar-refractivity contribution >= 4 is 34.4 Å². The summed E-state index contributed by atoms with van der Waals surface area (Å²) in [5.41, 5.74) is 5.42. The highest BCUT2D eigenvalue weighted by Crippen LogP contribution is 2.25. The lowest BCUT2D eigenvalue weighted by Crippen LogP contribution is -2.55. The van der Waals surface area contributed by atoms with Gasteiger partial charge in [-0.1, -0.05) is 37.3 Å². The first kappa shape index (κ1) is 22.2. The third-order valence-corrected chi connectivity index (χ3v) is 4.38. The molecule has 0 heterocycles. The Hall–Kier alpha value is -3.09. The lowest BCUT2D eigenvalue weighted by atomic mass is 10.1. The van der Waals surface area contributed by atoms with Crippen LogP contribution >= 0.6 is 0 Å². The Balaban J connectivity index is 2.37. The number of hydrogen-bond donors (Lipinski definition) is 2. The fourth-order valence-electron chi connectivity index (χ4n) is 3.05. The topological polar surface area (TPSA) is 102 Å². The van der Waals surface area contributed by atoms with Gasteiger partial charge in [-0.15, -0.1) is 0 Å². The number of nitrogens with zero attached hydrogens (tertiary/aromatic N) is 1. The minimum Gasteiger partial charge on any atom is -0.444 e. The van der Waals surface area contributed by atoms with Gasteiger partial charge in [0.2, 0.25) is 11.8 Å². The van der Waals surface area contributed by atoms with E-state index in [1.165, 1.54) is 4.90 Å². The second kappa shape index (κ2) is 8.94. The average Bonchev–Trinajstić information content (AvgIpc) is 2.63. The van der Waals surface area contributed by atoms with Crippen molar-refractivity contribution in [3.63, 3.8) is 0 Å². The number of amides is 3. The van der Waals surface area contributed by atoms with Gasteiger partial charge < -0.3 is 15.8 Å². The van der Waals surface area contributed by atoms with Gasteiger partial charge in [-0.2, -0.15) is 0 Å². The first-order valence-electron chi connectivity index (χ1n) is 9.64. The summed E-state index contributed by atoms with van der Waals surface area (Å²) in [6, 6.07) is 11.4. The lowest BCUT2D eigenvalue weighted by molar-refractivity contribution is -0.125. The smallest absolute Gasteiger partial charge is 0.408 e. The molecule has 3 N–H and O–H groups in total. The van der Waals surface area contributed by atoms with E-state index in [1.54, 1.807) is 40.7 Å². The number of hydrogen-bond acceptors (Lipinski definition) is 4. The fraction of sp³-hybridized carbons (Fsp3) is 0.409. The lowest BCUT2D eigenvalue weighted by Gasteiger charge is -2.32. The Kier molecular flexibility index (Phi) is 6.84. The van der Waals surface area contributed by atoms with Gasteiger partial charge in [0.25, 0.3) is 0 Å². The second-order valence-electron chi connectivity index (χ2n) is 7.93. The van der Waals surface area contributed by atoms with Crippen LogP contribution in [0.2, 0.25) is 0 Å². The number of nitrogens with two attached hydrogens (primary N) is 1. The maximum atomic E-state index is 13.2. The molecule has 2 aromatic rings. The van der Waals surface area contributed by atoms with Crippen molar-refractivity contribution < 1.29 is 19.1 Å². The molecule has 0 fully saturated rings. The number of rotatable bonds is 6. The van der Waals surface area contributed by atoms with Crippen LogP contribution in [0.15, 0.2) is 42.5 Å². The fourth-order valence-corrected chi connectivity index (χ4v) is 3.05. The van der Waals surface area contributed by atoms with Crippen LogP contribution in [0, 0.1) is 0 Å². The second-order valence-corrected chi connectivity index (χ2v) is 7.93. The van der Waals surface area contributed by atoms with Crippen LogP contribution in [-0.2, 0) is 14.3 Å². The van der Waals surface area contributed by atoms with E-state index >= 15 is 0 Å². The van der Waals surface area contributed by atoms with Gasteiger partial charge in [0.05, 0.1) is 0 Å². The number of alkyl carbamates (subject to hydrolysis) is 1. The number of anilines is 1. The number of primary amides is 1. The molecule has 0 spiro atoms. The largest absolute Gasteiger partial charge is 0.444 e. The van der Waals surface area contributed by atoms with Gasteiger partial charge in [-0.05, 0) is 57.0 Å². The van der Waals surface area contributed by atoms with Gasteiger partial charge in [0, 0.05) is 5.69 Å². The predicted octanol–water partition coefficient (Wildman–Crippen LogP) is 3.35. The van der Waals surface area contributed by atoms with E-state index in [0.717, 1.165) is 10.8 Å². The number of ether oxygens (including phenoxy) is 1. The number of carbonyl (C=O) groups is 3. The van der Waals surface area contributed by atoms with Gasteiger partial charge >= 0.3 is 6.09 Å². The number of fused-ring (bicyclic) bond motifs is 1. The van der Waals surface area contributed by atoms with Crippen LogP contribution in [0.25, 0.3) is 10.8 Å². The highest BCUT2D eigenvalue weighted by molar-refractivity contribution is 6.05. The molecule has 0 aliphatic heterocycles. The third kappa shape index (κ3) is 5.70. The zero-order valence-electron chi connectivity index (χ0n) is 17.6. The molecule has 0 radical (unpaired) electrons. The molecule has 2 atom stereocenters. The molecule has 0 aliphatic carbocycles. The molecule has 3 amide bonds. The molecule has 2 rings (SSSR count). The summed E-state index contributed by atoms with van der Waals surface area (Å²) in [5, 5.41) is 4.47. The number of carbonyl (C=O) groups excluding carboxylic acids is 3. The Morgan fingerprint density at radius 1 is 1.10 bits per heavy atom. The van der Waals surface area contributed by atoms with Gasteiger partial charge in [0.1, 0.15) is 17.7 Å². The van der Waals surface area contributed by atoms with Crippen molar-refractivity contribution in [3.8, 4) is 0 Å². The zero-order valence-corrected chi connectivity index (χ0v) is 17.6. The summed E-state index contributed by atoms with van der Waals surface area (Å²) < 4.78 is 5.22. The van der Waals surface area contributed by atoms with Crippen LogP contribution in [0.4, 0.5) is 10.5 Å². The highest BCUT2D eigenvalue weighted by Gasteiger charge is 2.32. The van der Waals surface area contributed by atoms with Crippen molar-refractivity contribution in [1.82, 2.24) is 5.32 Å². The molecule has 0 unspecified atom stereocenters. The van der Waals surface area contributed by atoms with Gasteiger partial charge in [-0.25, -0.2) is 4.79 Å². The molecule has 29 heavy (non-hydrogen) atoms. The molecule has 0 aliphatic rings. The summed E-state index contributed by atoms with van der Waals surface area (Å²) in [6.45, 7) is 8.54. The Bertz CT molecular complexity index is 904. The van der Waals surface area contributed by atoms with Crippen LogP contribution in [0.1, 0.15) is 41.0 Å². The molecular formula is C22H29N3O4. The Morgan fingerprint density at radius 2 is 1.72 bits per heavy atom. The number of benzene rings is 2. The molecular weight excluding hydrogens is 370 g/mol. The SMILES string of the molecule is CC[C@@H](C(N)=O)N(C(=O)[C@H](C)NC(=O)OC(C)(C)C)c1ccc2ccccc2c1. The Labute approximate surface area is 171 Å². The monoisotopic (exact) mass is 399 g/mol. The quantitative estimate of drug-likeness (QED) is 0.778. The van der Waals surface area contributed by atoms with E-state index in [0.29, 0.717) is 12.1 Å². The zero-order chi connectivity index (χ0) is 21.8. The van der Waals surface area contributed by atoms with Crippen LogP contribution < -0.4 is 16.0 Å². The average molecular weight is 399 g/mol. The molecule has 156 valence electrons. The first-order chi connectivity index (χ1) is 13.5. The maximum Gasteiger partial charge on any atom is 0.408 e. The molecule has 0 aromatic heterocycles. The van der Waals surface area contributed by atoms with E-state index in [1.807, 2.05) is 36.4 Å². The van der Waals surface area contributed by atoms with Crippen molar-refractivity contribution in [2.24, 2.45) is 5.73 Å². The van der Waals surface area contributed by atoms with Gasteiger partial charge in [0.15, 0.2) is 0 Å². The molecule has 0 saturated carbocycles. The normalized spacial score (nSPS) is 13.4. The predicted molar refractivity (Wildman–Crippen MR) is 114 cm³/mol. The summed E-state index contributed by atoms with van der Waals surface area (Å²) in [7, 11) is 0. The molecule has 7 nitrogen and oxygen atoms in total. The summed E-state index contributed by atoms with van der Waals surface area (Å²) in [5.74, 6) is -1.06. The first-order valence-corrected chi connectivity index (χ1v) is 9.64. The minimum atomic E-state index is -0.912. The third-order valence-electron chi connectivity index (χ3n) is 4.38. The van der Waals surface area contributed by atoms with Crippen LogP contribution in [-0.4, -0.2) is 35.6 Å². The van der Waals surface area contributed by atoms with Crippen molar-refractivity contribution in [2.75, 3.05) is 4.90 Å². The maximum absolute atomic E-state index is 13.2. The molecule has 2 aromatic carbocycles. The van der Waals surface area contributed by atoms with Gasteiger partial charge in [-0.3, -0.25) is 14.5 Å². The molecule has 0 bridgehead atoms.